The number of carbonyl (C=O) groups is 2. The third-order valence-corrected chi connectivity index (χ3v) is 10.5. The highest BCUT2D eigenvalue weighted by Gasteiger charge is 2.35. The summed E-state index contributed by atoms with van der Waals surface area (Å²) in [5.41, 5.74) is 0. The van der Waals surface area contributed by atoms with E-state index in [0.29, 0.717) is 12.8 Å². The molecule has 0 saturated carbocycles. The number of ether oxygens (including phenoxy) is 2. The minimum absolute atomic E-state index is 0.131. The molecule has 0 aliphatic carbocycles. The fourth-order valence-electron chi connectivity index (χ4n) is 6.13. The van der Waals surface area contributed by atoms with Gasteiger partial charge in [0.2, 0.25) is 0 Å². The topological polar surface area (TPSA) is 189 Å². The fraction of sp³-hybridized carbons (Fsp3) is 0.950. The van der Waals surface area contributed by atoms with Crippen molar-refractivity contribution in [3.63, 3.8) is 0 Å². The first-order valence-corrected chi connectivity index (χ1v) is 22.7. The van der Waals surface area contributed by atoms with Crippen LogP contribution in [0.4, 0.5) is 0 Å². The number of carbonyl (C=O) groups excluding carboxylic acids is 2. The Bertz CT molecular complexity index is 892. The molecule has 0 bridgehead atoms. The monoisotopic (exact) mass is 783 g/mol. The minimum Gasteiger partial charge on any atom is -0.462 e. The van der Waals surface area contributed by atoms with Gasteiger partial charge in [-0.05, 0) is 12.8 Å². The number of unbranched alkanes of at least 4 members (excludes halogenated alkanes) is 24. The van der Waals surface area contributed by atoms with Gasteiger partial charge in [0.25, 0.3) is 0 Å². The van der Waals surface area contributed by atoms with Crippen LogP contribution in [0.1, 0.15) is 194 Å². The third kappa shape index (κ3) is 32.8. The second kappa shape index (κ2) is 36.5. The van der Waals surface area contributed by atoms with E-state index in [1.165, 1.54) is 116 Å². The Hall–Kier alpha value is -1.11. The first-order chi connectivity index (χ1) is 25.6. The van der Waals surface area contributed by atoms with Crippen LogP contribution >= 0.6 is 7.82 Å². The van der Waals surface area contributed by atoms with Gasteiger partial charge in [0, 0.05) is 12.8 Å². The number of hydrogen-bond donors (Lipinski definition) is 5. The molecule has 0 aromatic heterocycles. The van der Waals surface area contributed by atoms with E-state index in [2.05, 4.69) is 13.8 Å². The van der Waals surface area contributed by atoms with Gasteiger partial charge in [-0.2, -0.15) is 0 Å². The van der Waals surface area contributed by atoms with Crippen LogP contribution in [0, 0.1) is 0 Å². The highest BCUT2D eigenvalue weighted by Crippen LogP contribution is 2.45. The Labute approximate surface area is 321 Å². The van der Waals surface area contributed by atoms with Crippen molar-refractivity contribution in [1.29, 1.82) is 0 Å². The molecule has 13 heteroatoms. The van der Waals surface area contributed by atoms with Crippen molar-refractivity contribution in [1.82, 2.24) is 0 Å². The number of esters is 2. The summed E-state index contributed by atoms with van der Waals surface area (Å²) in [5.74, 6) is -1.03. The molecule has 0 rings (SSSR count). The van der Waals surface area contributed by atoms with E-state index in [9.17, 15) is 34.4 Å². The zero-order valence-corrected chi connectivity index (χ0v) is 34.4. The van der Waals surface area contributed by atoms with Gasteiger partial charge in [-0.25, -0.2) is 4.57 Å². The molecule has 5 N–H and O–H groups in total. The van der Waals surface area contributed by atoms with Crippen molar-refractivity contribution in [3.8, 4) is 0 Å². The molecule has 53 heavy (non-hydrogen) atoms. The Balaban J connectivity index is 4.58. The van der Waals surface area contributed by atoms with Crippen molar-refractivity contribution < 1.29 is 58.0 Å². The van der Waals surface area contributed by atoms with Crippen LogP contribution in [0.2, 0.25) is 0 Å². The van der Waals surface area contributed by atoms with Crippen LogP contribution in [0.15, 0.2) is 0 Å². The zero-order valence-electron chi connectivity index (χ0n) is 33.5. The van der Waals surface area contributed by atoms with Gasteiger partial charge in [-0.15, -0.1) is 0 Å². The van der Waals surface area contributed by atoms with Crippen molar-refractivity contribution in [2.24, 2.45) is 0 Å². The molecule has 0 aromatic rings. The van der Waals surface area contributed by atoms with Gasteiger partial charge in [-0.3, -0.25) is 18.6 Å². The summed E-state index contributed by atoms with van der Waals surface area (Å²) in [6, 6.07) is 0. The van der Waals surface area contributed by atoms with Gasteiger partial charge in [-0.1, -0.05) is 168 Å². The largest absolute Gasteiger partial charge is 0.472 e. The maximum absolute atomic E-state index is 12.6. The molecule has 0 aromatic carbocycles. The third-order valence-electron chi connectivity index (χ3n) is 9.53. The molecule has 0 heterocycles. The number of aliphatic hydroxyl groups excluding tert-OH is 4. The molecule has 1 unspecified atom stereocenters. The molecule has 316 valence electrons. The molecule has 5 atom stereocenters. The van der Waals surface area contributed by atoms with Gasteiger partial charge < -0.3 is 34.8 Å². The standard InChI is InChI=1S/C40H79O12P/c1-3-5-7-9-11-13-15-16-17-18-20-21-23-25-27-29-38(44)49-33-35(34-50-53(47,48)52-37(32-42)40(46)36(43)31-41)51-39(45)30-28-26-24-22-19-14-12-10-8-6-4-2/h35-37,40-43,46H,3-34H2,1-2H3,(H,47,48)/t35-,36-,37-,40+/m1/s1. The Morgan fingerprint density at radius 2 is 0.925 bits per heavy atom. The van der Waals surface area contributed by atoms with Gasteiger partial charge in [0.05, 0.1) is 19.8 Å². The minimum atomic E-state index is -4.95. The normalized spacial score (nSPS) is 15.1. The Morgan fingerprint density at radius 3 is 1.30 bits per heavy atom. The molecule has 0 spiro atoms. The van der Waals surface area contributed by atoms with Crippen LogP contribution in [-0.2, 0) is 32.7 Å². The Morgan fingerprint density at radius 1 is 0.547 bits per heavy atom. The van der Waals surface area contributed by atoms with E-state index in [4.69, 9.17) is 23.6 Å². The van der Waals surface area contributed by atoms with E-state index in [-0.39, 0.29) is 12.8 Å². The predicted molar refractivity (Wildman–Crippen MR) is 208 cm³/mol. The van der Waals surface area contributed by atoms with Gasteiger partial charge in [0.15, 0.2) is 6.10 Å². The molecule has 0 aliphatic heterocycles. The lowest BCUT2D eigenvalue weighted by Crippen LogP contribution is -2.42. The fourth-order valence-corrected chi connectivity index (χ4v) is 7.08. The van der Waals surface area contributed by atoms with Crippen molar-refractivity contribution in [2.45, 2.75) is 218 Å². The summed E-state index contributed by atoms with van der Waals surface area (Å²) in [7, 11) is -4.95. The smallest absolute Gasteiger partial charge is 0.462 e. The van der Waals surface area contributed by atoms with E-state index in [1.54, 1.807) is 0 Å². The quantitative estimate of drug-likeness (QED) is 0.0226. The van der Waals surface area contributed by atoms with Crippen LogP contribution in [-0.4, -0.2) is 88.1 Å². The zero-order chi connectivity index (χ0) is 39.4. The van der Waals surface area contributed by atoms with E-state index < -0.39 is 70.6 Å². The first-order valence-electron chi connectivity index (χ1n) is 21.2. The lowest BCUT2D eigenvalue weighted by atomic mass is 10.0. The lowest BCUT2D eigenvalue weighted by molar-refractivity contribution is -0.161. The average Bonchev–Trinajstić information content (AvgIpc) is 3.14. The number of phosphoric ester groups is 1. The molecular weight excluding hydrogens is 703 g/mol. The number of rotatable bonds is 40. The molecule has 0 radical (unpaired) electrons. The molecule has 0 amide bonds. The Kier molecular flexibility index (Phi) is 35.8. The maximum atomic E-state index is 12.6. The van der Waals surface area contributed by atoms with E-state index in [1.807, 2.05) is 0 Å². The molecule has 0 saturated heterocycles. The number of phosphoric acid groups is 1. The van der Waals surface area contributed by atoms with Crippen molar-refractivity contribution >= 4 is 19.8 Å². The van der Waals surface area contributed by atoms with Gasteiger partial charge in [0.1, 0.15) is 24.9 Å². The second-order valence-electron chi connectivity index (χ2n) is 14.6. The van der Waals surface area contributed by atoms with E-state index in [0.717, 1.165) is 38.5 Å². The lowest BCUT2D eigenvalue weighted by Gasteiger charge is -2.26. The van der Waals surface area contributed by atoms with Crippen LogP contribution in [0.3, 0.4) is 0 Å². The number of aliphatic hydroxyl groups is 4. The summed E-state index contributed by atoms with van der Waals surface area (Å²) in [6.45, 7) is 1.56. The van der Waals surface area contributed by atoms with Crippen LogP contribution in [0.5, 0.6) is 0 Å². The summed E-state index contributed by atoms with van der Waals surface area (Å²) in [4.78, 5) is 35.3. The maximum Gasteiger partial charge on any atom is 0.472 e. The highest BCUT2D eigenvalue weighted by molar-refractivity contribution is 7.47. The first kappa shape index (κ1) is 51.9. The van der Waals surface area contributed by atoms with Crippen molar-refractivity contribution in [2.75, 3.05) is 26.4 Å². The SMILES string of the molecule is CCCCCCCCCCCCCCCCCC(=O)OC[C@H](COP(=O)(O)O[C@H](CO)[C@@H](O)[C@H](O)CO)OC(=O)CCCCCCCCCCCCC. The van der Waals surface area contributed by atoms with Gasteiger partial charge >= 0.3 is 19.8 Å². The highest BCUT2D eigenvalue weighted by atomic mass is 31.2. The summed E-state index contributed by atoms with van der Waals surface area (Å²) < 4.78 is 33.1. The molecule has 0 fully saturated rings. The molecule has 0 aliphatic rings. The second-order valence-corrected chi connectivity index (χ2v) is 16.0. The number of hydrogen-bond acceptors (Lipinski definition) is 11. The van der Waals surface area contributed by atoms with Crippen LogP contribution in [0.25, 0.3) is 0 Å². The summed E-state index contributed by atoms with van der Waals surface area (Å²) in [5, 5.41) is 38.1. The molecular formula is C40H79O12P. The summed E-state index contributed by atoms with van der Waals surface area (Å²) >= 11 is 0. The average molecular weight is 783 g/mol. The molecule has 12 nitrogen and oxygen atoms in total. The van der Waals surface area contributed by atoms with Crippen molar-refractivity contribution in [3.05, 3.63) is 0 Å². The van der Waals surface area contributed by atoms with Crippen LogP contribution < -0.4 is 0 Å². The van der Waals surface area contributed by atoms with E-state index >= 15 is 0 Å². The predicted octanol–water partition coefficient (Wildman–Crippen LogP) is 8.61. The summed E-state index contributed by atoms with van der Waals surface area (Å²) in [6.07, 6.45) is 24.4.